The molecule has 3 aliphatic rings. The number of oxime groups is 1. The van der Waals surface area contributed by atoms with E-state index in [0.717, 1.165) is 18.7 Å². The van der Waals surface area contributed by atoms with Gasteiger partial charge in [0.1, 0.15) is 0 Å². The summed E-state index contributed by atoms with van der Waals surface area (Å²) in [5, 5.41) is 12.1. The van der Waals surface area contributed by atoms with Crippen molar-refractivity contribution in [3.63, 3.8) is 0 Å². The molecule has 0 aliphatic carbocycles. The molecule has 0 aromatic heterocycles. The lowest BCUT2D eigenvalue weighted by Gasteiger charge is -2.25. The molecule has 2 bridgehead atoms. The molecule has 3 saturated heterocycles. The number of piperidine rings is 1. The molecule has 0 aromatic rings. The van der Waals surface area contributed by atoms with E-state index in [0.29, 0.717) is 5.92 Å². The van der Waals surface area contributed by atoms with Gasteiger partial charge in [-0.2, -0.15) is 0 Å². The Morgan fingerprint density at radius 1 is 1.25 bits per heavy atom. The van der Waals surface area contributed by atoms with Crippen LogP contribution >= 0.6 is 12.4 Å². The maximum Gasteiger partial charge on any atom is 0.0615 e. The Balaban J connectivity index is 0.000000720. The van der Waals surface area contributed by atoms with Gasteiger partial charge < -0.3 is 10.1 Å². The van der Waals surface area contributed by atoms with E-state index >= 15 is 0 Å². The predicted molar refractivity (Wildman–Crippen MR) is 50.3 cm³/mol. The van der Waals surface area contributed by atoms with E-state index in [4.69, 9.17) is 5.21 Å². The lowest BCUT2D eigenvalue weighted by atomic mass is 9.94. The fraction of sp³-hybridized carbons (Fsp3) is 0.875. The van der Waals surface area contributed by atoms with Crippen molar-refractivity contribution in [1.82, 2.24) is 4.90 Å². The topological polar surface area (TPSA) is 35.8 Å². The van der Waals surface area contributed by atoms with Crippen LogP contribution in [-0.2, 0) is 0 Å². The summed E-state index contributed by atoms with van der Waals surface area (Å²) in [6.07, 6.45) is 3.36. The fourth-order valence-corrected chi connectivity index (χ4v) is 2.10. The highest BCUT2D eigenvalue weighted by atomic mass is 35.5. The number of nitrogens with zero attached hydrogens (tertiary/aromatic N) is 2. The van der Waals surface area contributed by atoms with E-state index in [-0.39, 0.29) is 12.4 Å². The van der Waals surface area contributed by atoms with Crippen LogP contribution in [0.2, 0.25) is 0 Å². The van der Waals surface area contributed by atoms with Crippen LogP contribution in [0.15, 0.2) is 5.16 Å². The van der Waals surface area contributed by atoms with Gasteiger partial charge in [0.05, 0.1) is 5.71 Å². The van der Waals surface area contributed by atoms with Crippen LogP contribution in [-0.4, -0.2) is 35.5 Å². The first-order valence-corrected chi connectivity index (χ1v) is 4.33. The Hall–Kier alpha value is -0.280. The maximum atomic E-state index is 8.71. The van der Waals surface area contributed by atoms with Crippen LogP contribution in [0.5, 0.6) is 0 Å². The monoisotopic (exact) mass is 190 g/mol. The Bertz CT molecular complexity index is 176. The minimum absolute atomic E-state index is 0. The first-order chi connectivity index (χ1) is 5.40. The largest absolute Gasteiger partial charge is 0.411 e. The summed E-state index contributed by atoms with van der Waals surface area (Å²) < 4.78 is 0. The van der Waals surface area contributed by atoms with Crippen LogP contribution in [0, 0.1) is 5.92 Å². The van der Waals surface area contributed by atoms with Crippen molar-refractivity contribution < 1.29 is 5.21 Å². The summed E-state index contributed by atoms with van der Waals surface area (Å²) in [7, 11) is 0. The number of rotatable bonds is 0. The third-order valence-corrected chi connectivity index (χ3v) is 2.87. The highest BCUT2D eigenvalue weighted by molar-refractivity contribution is 5.87. The zero-order chi connectivity index (χ0) is 7.68. The van der Waals surface area contributed by atoms with E-state index in [1.807, 2.05) is 0 Å². The van der Waals surface area contributed by atoms with Gasteiger partial charge in [0.2, 0.25) is 0 Å². The highest BCUT2D eigenvalue weighted by Crippen LogP contribution is 2.24. The first-order valence-electron chi connectivity index (χ1n) is 4.33. The molecule has 1 N–H and O–H groups in total. The summed E-state index contributed by atoms with van der Waals surface area (Å²) in [5.74, 6) is 0.582. The standard InChI is InChI=1S/C8H14N2O.ClH/c11-9-8-3-6-10-4-1-7(8)2-5-10;/h7,11H,1-6H2;1H/b9-8+;. The fourth-order valence-electron chi connectivity index (χ4n) is 2.10. The lowest BCUT2D eigenvalue weighted by Crippen LogP contribution is -2.30. The molecule has 3 fully saturated rings. The van der Waals surface area contributed by atoms with Crippen molar-refractivity contribution in [2.45, 2.75) is 19.3 Å². The normalized spacial score (nSPS) is 37.5. The highest BCUT2D eigenvalue weighted by Gasteiger charge is 2.27. The van der Waals surface area contributed by atoms with E-state index in [9.17, 15) is 0 Å². The summed E-state index contributed by atoms with van der Waals surface area (Å²) in [6.45, 7) is 3.49. The molecule has 0 spiro atoms. The molecule has 3 heterocycles. The van der Waals surface area contributed by atoms with E-state index in [1.165, 1.54) is 25.9 Å². The summed E-state index contributed by atoms with van der Waals surface area (Å²) in [6, 6.07) is 0. The molecule has 0 aromatic carbocycles. The van der Waals surface area contributed by atoms with E-state index < -0.39 is 0 Å². The van der Waals surface area contributed by atoms with Gasteiger partial charge in [0.25, 0.3) is 0 Å². The first kappa shape index (κ1) is 9.81. The second-order valence-corrected chi connectivity index (χ2v) is 3.46. The lowest BCUT2D eigenvalue weighted by molar-refractivity contribution is 0.232. The van der Waals surface area contributed by atoms with Crippen molar-refractivity contribution in [2.24, 2.45) is 11.1 Å². The van der Waals surface area contributed by atoms with Crippen molar-refractivity contribution in [3.8, 4) is 0 Å². The van der Waals surface area contributed by atoms with Gasteiger partial charge in [-0.3, -0.25) is 0 Å². The van der Waals surface area contributed by atoms with Gasteiger partial charge in [-0.1, -0.05) is 5.16 Å². The van der Waals surface area contributed by atoms with Gasteiger partial charge in [0.15, 0.2) is 0 Å². The zero-order valence-electron chi connectivity index (χ0n) is 7.07. The molecular weight excluding hydrogens is 176 g/mol. The molecule has 0 atom stereocenters. The Morgan fingerprint density at radius 2 is 1.92 bits per heavy atom. The molecule has 0 radical (unpaired) electrons. The van der Waals surface area contributed by atoms with Crippen LogP contribution in [0.3, 0.4) is 0 Å². The van der Waals surface area contributed by atoms with Gasteiger partial charge in [-0.25, -0.2) is 0 Å². The molecule has 0 amide bonds. The second kappa shape index (κ2) is 4.10. The maximum absolute atomic E-state index is 8.71. The van der Waals surface area contributed by atoms with Crippen LogP contribution in [0.1, 0.15) is 19.3 Å². The van der Waals surface area contributed by atoms with Crippen LogP contribution in [0.4, 0.5) is 0 Å². The van der Waals surface area contributed by atoms with Gasteiger partial charge in [-0.05, 0) is 25.9 Å². The Morgan fingerprint density at radius 3 is 2.50 bits per heavy atom. The minimum Gasteiger partial charge on any atom is -0.411 e. The molecule has 4 heteroatoms. The summed E-state index contributed by atoms with van der Waals surface area (Å²) >= 11 is 0. The van der Waals surface area contributed by atoms with Gasteiger partial charge >= 0.3 is 0 Å². The quantitative estimate of drug-likeness (QED) is 0.463. The third-order valence-electron chi connectivity index (χ3n) is 2.87. The molecule has 12 heavy (non-hydrogen) atoms. The molecule has 70 valence electrons. The molecule has 0 unspecified atom stereocenters. The SMILES string of the molecule is Cl.O/N=C1\CCN2CCC1CC2. The van der Waals surface area contributed by atoms with Crippen molar-refractivity contribution in [2.75, 3.05) is 19.6 Å². The van der Waals surface area contributed by atoms with E-state index in [2.05, 4.69) is 10.1 Å². The van der Waals surface area contributed by atoms with Crippen molar-refractivity contribution in [1.29, 1.82) is 0 Å². The number of halogens is 1. The average Bonchev–Trinajstić information content (AvgIpc) is 2.36. The van der Waals surface area contributed by atoms with Crippen molar-refractivity contribution in [3.05, 3.63) is 0 Å². The molecule has 0 saturated carbocycles. The van der Waals surface area contributed by atoms with Crippen molar-refractivity contribution >= 4 is 18.1 Å². The second-order valence-electron chi connectivity index (χ2n) is 3.46. The Kier molecular flexibility index (Phi) is 3.35. The van der Waals surface area contributed by atoms with E-state index in [1.54, 1.807) is 0 Å². The molecule has 3 rings (SSSR count). The minimum atomic E-state index is 0. The number of hydrogen-bond donors (Lipinski definition) is 1. The van der Waals surface area contributed by atoms with Gasteiger partial charge in [0, 0.05) is 18.9 Å². The number of fused-ring (bicyclic) bond motifs is 4. The zero-order valence-corrected chi connectivity index (χ0v) is 7.89. The Labute approximate surface area is 78.8 Å². The summed E-state index contributed by atoms with van der Waals surface area (Å²) in [4.78, 5) is 2.45. The van der Waals surface area contributed by atoms with Crippen LogP contribution in [0.25, 0.3) is 0 Å². The smallest absolute Gasteiger partial charge is 0.0615 e. The number of hydrogen-bond acceptors (Lipinski definition) is 3. The third kappa shape index (κ3) is 1.72. The molecular formula is C8H15ClN2O. The van der Waals surface area contributed by atoms with Gasteiger partial charge in [-0.15, -0.1) is 12.4 Å². The average molecular weight is 191 g/mol. The summed E-state index contributed by atoms with van der Waals surface area (Å²) in [5.41, 5.74) is 1.03. The molecule has 3 nitrogen and oxygen atoms in total. The molecule has 3 aliphatic heterocycles. The predicted octanol–water partition coefficient (Wildman–Crippen LogP) is 1.35. The van der Waals surface area contributed by atoms with Crippen LogP contribution < -0.4 is 0 Å².